The largest absolute Gasteiger partial charge is 0.365 e. The van der Waals surface area contributed by atoms with Gasteiger partial charge in [0.05, 0.1) is 23.5 Å². The van der Waals surface area contributed by atoms with Crippen LogP contribution >= 0.6 is 11.6 Å². The number of hydrogen-bond donors (Lipinski definition) is 0. The molecule has 3 nitrogen and oxygen atoms in total. The van der Waals surface area contributed by atoms with Gasteiger partial charge in [-0.2, -0.15) is 5.10 Å². The van der Waals surface area contributed by atoms with E-state index in [1.165, 1.54) is 0 Å². The summed E-state index contributed by atoms with van der Waals surface area (Å²) in [7, 11) is 1.74. The lowest BCUT2D eigenvalue weighted by molar-refractivity contribution is 0.446. The fourth-order valence-corrected chi connectivity index (χ4v) is 3.04. The Kier molecular flexibility index (Phi) is 4.41. The van der Waals surface area contributed by atoms with Gasteiger partial charge in [-0.3, -0.25) is 4.68 Å². The summed E-state index contributed by atoms with van der Waals surface area (Å²) in [5, 5.41) is 4.83. The lowest BCUT2D eigenvalue weighted by Crippen LogP contribution is -2.28. The highest BCUT2D eigenvalue weighted by atomic mass is 35.5. The van der Waals surface area contributed by atoms with Gasteiger partial charge in [0.25, 0.3) is 0 Å². The standard InChI is InChI=1S/C17H15ClF3N3/c1-3-24-9-10(18)6-12(15-4-5-23(2)22-15)17(24)16-13(20)7-11(19)8-14(16)21/h4-8H,3,9H2,1-2H3. The molecule has 0 saturated heterocycles. The molecule has 0 saturated carbocycles. The van der Waals surface area contributed by atoms with Gasteiger partial charge in [0.1, 0.15) is 17.5 Å². The van der Waals surface area contributed by atoms with Crippen LogP contribution in [0.5, 0.6) is 0 Å². The monoisotopic (exact) mass is 353 g/mol. The number of aromatic nitrogens is 2. The number of aryl methyl sites for hydroxylation is 1. The average Bonchev–Trinajstić information content (AvgIpc) is 2.93. The highest BCUT2D eigenvalue weighted by Crippen LogP contribution is 2.37. The molecule has 0 N–H and O–H groups in total. The van der Waals surface area contributed by atoms with E-state index in [0.717, 1.165) is 0 Å². The second kappa shape index (κ2) is 6.36. The quantitative estimate of drug-likeness (QED) is 0.826. The molecule has 126 valence electrons. The summed E-state index contributed by atoms with van der Waals surface area (Å²) in [5.41, 5.74) is 1.07. The lowest BCUT2D eigenvalue weighted by Gasteiger charge is -2.31. The van der Waals surface area contributed by atoms with Gasteiger partial charge < -0.3 is 4.90 Å². The molecule has 0 aliphatic carbocycles. The fraction of sp³-hybridized carbons (Fsp3) is 0.235. The van der Waals surface area contributed by atoms with E-state index in [9.17, 15) is 13.2 Å². The minimum absolute atomic E-state index is 0.278. The molecule has 0 radical (unpaired) electrons. The Hall–Kier alpha value is -2.21. The van der Waals surface area contributed by atoms with Crippen LogP contribution in [-0.4, -0.2) is 27.8 Å². The molecule has 0 amide bonds. The fourth-order valence-electron chi connectivity index (χ4n) is 2.79. The molecule has 1 aliphatic rings. The van der Waals surface area contributed by atoms with Crippen molar-refractivity contribution in [2.24, 2.45) is 7.05 Å². The number of rotatable bonds is 3. The molecule has 0 fully saturated rings. The van der Waals surface area contributed by atoms with E-state index >= 15 is 0 Å². The van der Waals surface area contributed by atoms with Gasteiger partial charge in [-0.05, 0) is 19.1 Å². The normalized spacial score (nSPS) is 15.1. The molecule has 2 heterocycles. The van der Waals surface area contributed by atoms with Gasteiger partial charge in [-0.25, -0.2) is 13.2 Å². The van der Waals surface area contributed by atoms with Crippen LogP contribution in [0.1, 0.15) is 18.2 Å². The maximum absolute atomic E-state index is 14.4. The lowest BCUT2D eigenvalue weighted by atomic mass is 9.98. The van der Waals surface area contributed by atoms with Gasteiger partial charge in [0.15, 0.2) is 0 Å². The molecular weight excluding hydrogens is 339 g/mol. The van der Waals surface area contributed by atoms with E-state index in [-0.39, 0.29) is 5.56 Å². The van der Waals surface area contributed by atoms with Crippen molar-refractivity contribution in [1.29, 1.82) is 0 Å². The van der Waals surface area contributed by atoms with E-state index in [1.807, 2.05) is 6.92 Å². The summed E-state index contributed by atoms with van der Waals surface area (Å²) < 4.78 is 43.6. The Bertz CT molecular complexity index is 832. The highest BCUT2D eigenvalue weighted by Gasteiger charge is 2.27. The predicted molar refractivity (Wildman–Crippen MR) is 87.5 cm³/mol. The number of allylic oxidation sites excluding steroid dienone is 2. The molecule has 3 rings (SSSR count). The number of nitrogens with zero attached hydrogens (tertiary/aromatic N) is 3. The third-order valence-corrected chi connectivity index (χ3v) is 4.06. The van der Waals surface area contributed by atoms with E-state index in [0.29, 0.717) is 47.2 Å². The second-order valence-electron chi connectivity index (χ2n) is 5.49. The average molecular weight is 354 g/mol. The van der Waals surface area contributed by atoms with Crippen molar-refractivity contribution in [3.05, 3.63) is 64.2 Å². The second-order valence-corrected chi connectivity index (χ2v) is 5.97. The Morgan fingerprint density at radius 2 is 1.88 bits per heavy atom. The maximum atomic E-state index is 14.4. The Morgan fingerprint density at radius 3 is 2.42 bits per heavy atom. The van der Waals surface area contributed by atoms with Crippen LogP contribution in [0, 0.1) is 17.5 Å². The van der Waals surface area contributed by atoms with Gasteiger partial charge >= 0.3 is 0 Å². The third kappa shape index (κ3) is 2.94. The first-order chi connectivity index (χ1) is 11.4. The van der Waals surface area contributed by atoms with Crippen molar-refractivity contribution in [2.75, 3.05) is 13.1 Å². The SMILES string of the molecule is CCN1CC(Cl)=CC(c2ccn(C)n2)=C1c1c(F)cc(F)cc1F. The minimum atomic E-state index is -0.958. The number of likely N-dealkylation sites (N-methyl/N-ethyl adjacent to an activating group) is 1. The Balaban J connectivity index is 2.32. The van der Waals surface area contributed by atoms with Crippen LogP contribution in [0.4, 0.5) is 13.2 Å². The zero-order valence-corrected chi connectivity index (χ0v) is 13.9. The molecular formula is C17H15ClF3N3. The Labute approximate surface area is 142 Å². The summed E-state index contributed by atoms with van der Waals surface area (Å²) in [6.07, 6.45) is 3.37. The highest BCUT2D eigenvalue weighted by molar-refractivity contribution is 6.31. The van der Waals surface area contributed by atoms with Crippen LogP contribution < -0.4 is 0 Å². The van der Waals surface area contributed by atoms with Gasteiger partial charge in [0, 0.05) is 42.5 Å². The molecule has 1 aromatic heterocycles. The first kappa shape index (κ1) is 16.6. The topological polar surface area (TPSA) is 21.1 Å². The van der Waals surface area contributed by atoms with Gasteiger partial charge in [0.2, 0.25) is 0 Å². The molecule has 7 heteroatoms. The zero-order valence-electron chi connectivity index (χ0n) is 13.2. The van der Waals surface area contributed by atoms with E-state index in [2.05, 4.69) is 5.10 Å². The Morgan fingerprint density at radius 1 is 1.21 bits per heavy atom. The zero-order chi connectivity index (χ0) is 17.4. The number of halogens is 4. The number of benzene rings is 1. The van der Waals surface area contributed by atoms with Crippen molar-refractivity contribution in [1.82, 2.24) is 14.7 Å². The molecule has 1 aliphatic heterocycles. The van der Waals surface area contributed by atoms with Gasteiger partial charge in [-0.15, -0.1) is 0 Å². The first-order valence-corrected chi connectivity index (χ1v) is 7.78. The summed E-state index contributed by atoms with van der Waals surface area (Å²) in [4.78, 5) is 1.74. The van der Waals surface area contributed by atoms with Crippen LogP contribution in [0.25, 0.3) is 11.3 Å². The van der Waals surface area contributed by atoms with Crippen molar-refractivity contribution >= 4 is 22.9 Å². The summed E-state index contributed by atoms with van der Waals surface area (Å²) in [5.74, 6) is -2.87. The van der Waals surface area contributed by atoms with Crippen LogP contribution in [0.3, 0.4) is 0 Å². The van der Waals surface area contributed by atoms with Crippen molar-refractivity contribution < 1.29 is 13.2 Å². The molecule has 0 bridgehead atoms. The molecule has 1 aromatic carbocycles. The molecule has 24 heavy (non-hydrogen) atoms. The van der Waals surface area contributed by atoms with Gasteiger partial charge in [-0.1, -0.05) is 11.6 Å². The third-order valence-electron chi connectivity index (χ3n) is 3.83. The van der Waals surface area contributed by atoms with E-state index in [4.69, 9.17) is 11.6 Å². The predicted octanol–water partition coefficient (Wildman–Crippen LogP) is 4.16. The number of hydrogen-bond acceptors (Lipinski definition) is 2. The van der Waals surface area contributed by atoms with E-state index < -0.39 is 17.5 Å². The van der Waals surface area contributed by atoms with Crippen LogP contribution in [0.15, 0.2) is 35.5 Å². The minimum Gasteiger partial charge on any atom is -0.365 e. The molecule has 0 unspecified atom stereocenters. The van der Waals surface area contributed by atoms with Crippen molar-refractivity contribution in [3.63, 3.8) is 0 Å². The summed E-state index contributed by atoms with van der Waals surface area (Å²) >= 11 is 6.20. The van der Waals surface area contributed by atoms with Crippen molar-refractivity contribution in [2.45, 2.75) is 6.92 Å². The summed E-state index contributed by atoms with van der Waals surface area (Å²) in [6.45, 7) is 2.65. The van der Waals surface area contributed by atoms with Crippen LogP contribution in [0.2, 0.25) is 0 Å². The van der Waals surface area contributed by atoms with Crippen molar-refractivity contribution in [3.8, 4) is 0 Å². The molecule has 2 aromatic rings. The molecule has 0 atom stereocenters. The first-order valence-electron chi connectivity index (χ1n) is 7.41. The maximum Gasteiger partial charge on any atom is 0.138 e. The summed E-state index contributed by atoms with van der Waals surface area (Å²) in [6, 6.07) is 3.08. The van der Waals surface area contributed by atoms with Crippen LogP contribution in [-0.2, 0) is 7.05 Å². The smallest absolute Gasteiger partial charge is 0.138 e. The molecule has 0 spiro atoms. The van der Waals surface area contributed by atoms with E-state index in [1.54, 1.807) is 35.0 Å².